The van der Waals surface area contributed by atoms with Gasteiger partial charge in [-0.25, -0.2) is 0 Å². The molecule has 0 bridgehead atoms. The summed E-state index contributed by atoms with van der Waals surface area (Å²) in [6.07, 6.45) is 4.42. The van der Waals surface area contributed by atoms with E-state index < -0.39 is 6.10 Å². The van der Waals surface area contributed by atoms with Gasteiger partial charge in [0, 0.05) is 5.33 Å². The lowest BCUT2D eigenvalue weighted by atomic mass is 10.1. The van der Waals surface area contributed by atoms with E-state index in [2.05, 4.69) is 21.9 Å². The van der Waals surface area contributed by atoms with Crippen LogP contribution in [0.4, 0.5) is 0 Å². The van der Waals surface area contributed by atoms with Crippen LogP contribution in [0.15, 0.2) is 24.3 Å². The van der Waals surface area contributed by atoms with Crippen LogP contribution in [0.25, 0.3) is 0 Å². The van der Waals surface area contributed by atoms with E-state index in [0.717, 1.165) is 10.9 Å². The van der Waals surface area contributed by atoms with E-state index in [1.54, 1.807) is 0 Å². The SMILES string of the molecule is C#CCOCC(O)c1ccc(CBr)cc1. The number of hydrogen-bond donors (Lipinski definition) is 1. The van der Waals surface area contributed by atoms with E-state index in [1.165, 1.54) is 5.56 Å². The van der Waals surface area contributed by atoms with Gasteiger partial charge in [-0.15, -0.1) is 6.42 Å². The number of benzene rings is 1. The molecule has 1 unspecified atom stereocenters. The first-order valence-corrected chi connectivity index (χ1v) is 5.74. The molecule has 2 nitrogen and oxygen atoms in total. The van der Waals surface area contributed by atoms with Crippen molar-refractivity contribution in [1.29, 1.82) is 0 Å². The molecule has 1 aromatic rings. The Labute approximate surface area is 98.4 Å². The number of terminal acetylenes is 1. The first-order valence-electron chi connectivity index (χ1n) is 4.62. The minimum atomic E-state index is -0.609. The molecule has 0 aliphatic heterocycles. The van der Waals surface area contributed by atoms with E-state index in [4.69, 9.17) is 11.2 Å². The minimum Gasteiger partial charge on any atom is -0.386 e. The number of aliphatic hydroxyl groups is 1. The lowest BCUT2D eigenvalue weighted by molar-refractivity contribution is 0.0509. The molecule has 0 fully saturated rings. The maximum absolute atomic E-state index is 9.71. The predicted octanol–water partition coefficient (Wildman–Crippen LogP) is 2.26. The molecule has 0 aliphatic rings. The summed E-state index contributed by atoms with van der Waals surface area (Å²) in [5.41, 5.74) is 2.02. The summed E-state index contributed by atoms with van der Waals surface area (Å²) in [6.45, 7) is 0.467. The van der Waals surface area contributed by atoms with Crippen molar-refractivity contribution in [2.45, 2.75) is 11.4 Å². The molecule has 1 atom stereocenters. The fourth-order valence-corrected chi connectivity index (χ4v) is 1.53. The third kappa shape index (κ3) is 4.05. The van der Waals surface area contributed by atoms with Crippen LogP contribution in [0.5, 0.6) is 0 Å². The molecular formula is C12H13BrO2. The second-order valence-corrected chi connectivity index (χ2v) is 3.67. The highest BCUT2D eigenvalue weighted by Gasteiger charge is 2.06. The summed E-state index contributed by atoms with van der Waals surface area (Å²) in [5, 5.41) is 10.5. The van der Waals surface area contributed by atoms with E-state index in [1.807, 2.05) is 24.3 Å². The Morgan fingerprint density at radius 2 is 2.07 bits per heavy atom. The van der Waals surface area contributed by atoms with Crippen LogP contribution in [-0.2, 0) is 10.1 Å². The van der Waals surface area contributed by atoms with Crippen molar-refractivity contribution in [3.63, 3.8) is 0 Å². The highest BCUT2D eigenvalue weighted by molar-refractivity contribution is 9.08. The topological polar surface area (TPSA) is 29.5 Å². The molecule has 0 radical (unpaired) electrons. The fraction of sp³-hybridized carbons (Fsp3) is 0.333. The van der Waals surface area contributed by atoms with Gasteiger partial charge in [-0.05, 0) is 11.1 Å². The molecule has 3 heteroatoms. The number of aliphatic hydroxyl groups excluding tert-OH is 1. The summed E-state index contributed by atoms with van der Waals surface area (Å²) in [6, 6.07) is 7.71. The Bertz CT molecular complexity index is 326. The molecular weight excluding hydrogens is 256 g/mol. The van der Waals surface area contributed by atoms with Crippen molar-refractivity contribution in [2.75, 3.05) is 13.2 Å². The molecule has 80 valence electrons. The molecule has 1 N–H and O–H groups in total. The van der Waals surface area contributed by atoms with Gasteiger partial charge >= 0.3 is 0 Å². The highest BCUT2D eigenvalue weighted by Crippen LogP contribution is 2.15. The van der Waals surface area contributed by atoms with Gasteiger partial charge in [-0.1, -0.05) is 46.1 Å². The molecule has 0 spiro atoms. The molecule has 1 aromatic carbocycles. The van der Waals surface area contributed by atoms with Crippen molar-refractivity contribution in [2.24, 2.45) is 0 Å². The molecule has 0 heterocycles. The van der Waals surface area contributed by atoms with E-state index in [0.29, 0.717) is 0 Å². The lowest BCUT2D eigenvalue weighted by Gasteiger charge is -2.10. The van der Waals surface area contributed by atoms with Crippen molar-refractivity contribution in [1.82, 2.24) is 0 Å². The van der Waals surface area contributed by atoms with Gasteiger partial charge in [0.15, 0.2) is 0 Å². The standard InChI is InChI=1S/C12H13BrO2/c1-2-7-15-9-12(14)11-5-3-10(8-13)4-6-11/h1,3-6,12,14H,7-9H2. The van der Waals surface area contributed by atoms with Crippen LogP contribution in [0.3, 0.4) is 0 Å². The summed E-state index contributed by atoms with van der Waals surface area (Å²) in [4.78, 5) is 0. The number of hydrogen-bond acceptors (Lipinski definition) is 2. The first kappa shape index (κ1) is 12.3. The van der Waals surface area contributed by atoms with Crippen LogP contribution in [0, 0.1) is 12.3 Å². The summed E-state index contributed by atoms with van der Waals surface area (Å²) in [5.74, 6) is 2.35. The number of alkyl halides is 1. The Hall–Kier alpha value is -0.820. The van der Waals surface area contributed by atoms with Crippen molar-refractivity contribution < 1.29 is 9.84 Å². The summed E-state index contributed by atoms with van der Waals surface area (Å²) in [7, 11) is 0. The van der Waals surface area contributed by atoms with Crippen molar-refractivity contribution in [3.8, 4) is 12.3 Å². The monoisotopic (exact) mass is 268 g/mol. The molecule has 1 rings (SSSR count). The lowest BCUT2D eigenvalue weighted by Crippen LogP contribution is -2.07. The van der Waals surface area contributed by atoms with Gasteiger partial charge in [0.1, 0.15) is 12.7 Å². The smallest absolute Gasteiger partial charge is 0.107 e. The van der Waals surface area contributed by atoms with Crippen molar-refractivity contribution >= 4 is 15.9 Å². The summed E-state index contributed by atoms with van der Waals surface area (Å²) >= 11 is 3.36. The largest absolute Gasteiger partial charge is 0.386 e. The van der Waals surface area contributed by atoms with Gasteiger partial charge in [0.25, 0.3) is 0 Å². The normalized spacial score (nSPS) is 12.1. The van der Waals surface area contributed by atoms with Crippen LogP contribution in [0.1, 0.15) is 17.2 Å². The molecule has 0 saturated carbocycles. The average molecular weight is 269 g/mol. The molecule has 0 aliphatic carbocycles. The number of ether oxygens (including phenoxy) is 1. The first-order chi connectivity index (χ1) is 7.27. The van der Waals surface area contributed by atoms with E-state index in [9.17, 15) is 5.11 Å². The average Bonchev–Trinajstić information content (AvgIpc) is 2.29. The van der Waals surface area contributed by atoms with E-state index >= 15 is 0 Å². The maximum atomic E-state index is 9.71. The fourth-order valence-electron chi connectivity index (χ4n) is 1.15. The maximum Gasteiger partial charge on any atom is 0.107 e. The molecule has 0 amide bonds. The molecule has 0 aromatic heterocycles. The molecule has 15 heavy (non-hydrogen) atoms. The van der Waals surface area contributed by atoms with Gasteiger partial charge < -0.3 is 9.84 Å². The summed E-state index contributed by atoms with van der Waals surface area (Å²) < 4.78 is 5.06. The predicted molar refractivity (Wildman–Crippen MR) is 63.7 cm³/mol. The van der Waals surface area contributed by atoms with Crippen molar-refractivity contribution in [3.05, 3.63) is 35.4 Å². The van der Waals surface area contributed by atoms with Gasteiger partial charge in [-0.3, -0.25) is 0 Å². The van der Waals surface area contributed by atoms with Crippen LogP contribution < -0.4 is 0 Å². The van der Waals surface area contributed by atoms with E-state index in [-0.39, 0.29) is 13.2 Å². The zero-order chi connectivity index (χ0) is 11.1. The Kier molecular flexibility index (Phi) is 5.41. The third-order valence-electron chi connectivity index (χ3n) is 1.98. The third-order valence-corrected chi connectivity index (χ3v) is 2.63. The van der Waals surface area contributed by atoms with Gasteiger partial charge in [-0.2, -0.15) is 0 Å². The van der Waals surface area contributed by atoms with Crippen LogP contribution in [-0.4, -0.2) is 18.3 Å². The minimum absolute atomic E-state index is 0.233. The van der Waals surface area contributed by atoms with Gasteiger partial charge in [0.05, 0.1) is 6.61 Å². The Balaban J connectivity index is 2.51. The zero-order valence-corrected chi connectivity index (χ0v) is 9.90. The van der Waals surface area contributed by atoms with Gasteiger partial charge in [0.2, 0.25) is 0 Å². The zero-order valence-electron chi connectivity index (χ0n) is 8.32. The Morgan fingerprint density at radius 3 is 2.60 bits per heavy atom. The van der Waals surface area contributed by atoms with Crippen LogP contribution in [0.2, 0.25) is 0 Å². The number of halogens is 1. The Morgan fingerprint density at radius 1 is 1.40 bits per heavy atom. The second-order valence-electron chi connectivity index (χ2n) is 3.11. The quantitative estimate of drug-likeness (QED) is 0.505. The second kappa shape index (κ2) is 6.62. The highest BCUT2D eigenvalue weighted by atomic mass is 79.9. The van der Waals surface area contributed by atoms with Crippen LogP contribution >= 0.6 is 15.9 Å². The number of rotatable bonds is 5. The molecule has 0 saturated heterocycles.